The molecule has 0 heterocycles. The number of amides is 1. The van der Waals surface area contributed by atoms with Gasteiger partial charge >= 0.3 is 0 Å². The predicted molar refractivity (Wildman–Crippen MR) is 62.5 cm³/mol. The maximum Gasteiger partial charge on any atom is 0.000792 e. The van der Waals surface area contributed by atoms with Crippen LogP contribution in [0.5, 0.6) is 0 Å². The van der Waals surface area contributed by atoms with Crippen molar-refractivity contribution in [1.82, 2.24) is 4.90 Å². The molecule has 85 valence electrons. The number of benzene rings is 1. The normalized spacial score (nSPS) is 11.5. The summed E-state index contributed by atoms with van der Waals surface area (Å²) in [4.78, 5) is 12.0. The average molecular weight is 293 g/mol. The summed E-state index contributed by atoms with van der Waals surface area (Å²) in [5.74, 6) is 0. The van der Waals surface area contributed by atoms with Crippen LogP contribution in [0.4, 0.5) is 0 Å². The van der Waals surface area contributed by atoms with Crippen LogP contribution in [-0.4, -0.2) is 24.4 Å². The first kappa shape index (κ1) is 15.8. The summed E-state index contributed by atoms with van der Waals surface area (Å²) in [6.07, 6.45) is 2.78. The molecule has 0 saturated heterocycles. The Hall–Kier alpha value is -0.206. The van der Waals surface area contributed by atoms with E-state index in [9.17, 15) is 4.79 Å². The first-order valence-corrected chi connectivity index (χ1v) is 5.21. The van der Waals surface area contributed by atoms with Crippen LogP contribution in [0.2, 0.25) is 0 Å². The number of likely N-dealkylation sites (N-methyl/N-ethyl adjacent to an activating group) is 1. The van der Waals surface area contributed by atoms with Crippen molar-refractivity contribution in [2.75, 3.05) is 7.05 Å². The van der Waals surface area contributed by atoms with E-state index in [-0.39, 0.29) is 38.8 Å². The first-order valence-electron chi connectivity index (χ1n) is 5.21. The van der Waals surface area contributed by atoms with Crippen LogP contribution in [0.3, 0.4) is 0 Å². The van der Waals surface area contributed by atoms with Gasteiger partial charge in [0.25, 0.3) is 0 Å². The van der Waals surface area contributed by atoms with Crippen molar-refractivity contribution in [1.29, 1.82) is 0 Å². The van der Waals surface area contributed by atoms with Crippen LogP contribution in [0.15, 0.2) is 18.2 Å². The Bertz CT molecular complexity index is 352. The average Bonchev–Trinajstić information content (AvgIpc) is 2.22. The summed E-state index contributed by atoms with van der Waals surface area (Å²) >= 11 is 0. The fourth-order valence-corrected chi connectivity index (χ4v) is 1.50. The molecule has 0 aliphatic rings. The van der Waals surface area contributed by atoms with Crippen LogP contribution in [-0.2, 0) is 43.9 Å². The van der Waals surface area contributed by atoms with Gasteiger partial charge < -0.3 is 9.69 Å². The summed E-state index contributed by atoms with van der Waals surface area (Å²) < 4.78 is 0. The van der Waals surface area contributed by atoms with E-state index in [2.05, 4.69) is 32.0 Å². The second kappa shape index (κ2) is 7.18. The van der Waals surface area contributed by atoms with Crippen molar-refractivity contribution in [3.8, 4) is 0 Å². The summed E-state index contributed by atoms with van der Waals surface area (Å²) in [5.41, 5.74) is 3.88. The van der Waals surface area contributed by atoms with Crippen LogP contribution >= 0.6 is 0 Å². The van der Waals surface area contributed by atoms with E-state index in [1.165, 1.54) is 16.7 Å². The second-order valence-corrected chi connectivity index (χ2v) is 4.17. The van der Waals surface area contributed by atoms with E-state index < -0.39 is 0 Å². The minimum Gasteiger partial charge on any atom is -0.520 e. The second-order valence-electron chi connectivity index (χ2n) is 4.17. The zero-order valence-corrected chi connectivity index (χ0v) is 13.3. The number of rotatable bonds is 4. The van der Waals surface area contributed by atoms with E-state index in [4.69, 9.17) is 0 Å². The van der Waals surface area contributed by atoms with Crippen molar-refractivity contribution in [2.45, 2.75) is 33.2 Å². The zero-order valence-electron chi connectivity index (χ0n) is 10.4. The van der Waals surface area contributed by atoms with Crippen molar-refractivity contribution in [3.63, 3.8) is 0 Å². The number of hydrogen-bond acceptors (Lipinski definition) is 1. The molecular weight excluding hydrogens is 275 g/mol. The molecule has 2 nitrogen and oxygen atoms in total. The molecular formula is C13H18NOY-. The third-order valence-corrected chi connectivity index (χ3v) is 2.91. The summed E-state index contributed by atoms with van der Waals surface area (Å²) in [6, 6.07) is 6.63. The maximum absolute atomic E-state index is 10.5. The molecule has 1 rings (SSSR count). The zero-order chi connectivity index (χ0) is 11.4. The van der Waals surface area contributed by atoms with E-state index in [1.54, 1.807) is 11.9 Å². The van der Waals surface area contributed by atoms with Crippen molar-refractivity contribution in [3.05, 3.63) is 34.9 Å². The molecule has 0 saturated carbocycles. The van der Waals surface area contributed by atoms with Gasteiger partial charge in [-0.3, -0.25) is 0 Å². The maximum atomic E-state index is 10.5. The molecule has 0 fully saturated rings. The quantitative estimate of drug-likeness (QED) is 0.616. The van der Waals surface area contributed by atoms with Crippen molar-refractivity contribution in [2.24, 2.45) is 0 Å². The minimum absolute atomic E-state index is 0. The molecule has 0 aromatic heterocycles. The third kappa shape index (κ3) is 4.35. The molecule has 0 bridgehead atoms. The Morgan fingerprint density at radius 3 is 2.44 bits per heavy atom. The van der Waals surface area contributed by atoms with Crippen LogP contribution < -0.4 is 0 Å². The van der Waals surface area contributed by atoms with Gasteiger partial charge in [0, 0.05) is 38.8 Å². The fourth-order valence-electron chi connectivity index (χ4n) is 1.50. The third-order valence-electron chi connectivity index (χ3n) is 2.91. The van der Waals surface area contributed by atoms with E-state index >= 15 is 0 Å². The van der Waals surface area contributed by atoms with Crippen molar-refractivity contribution >= 4 is 6.41 Å². The van der Waals surface area contributed by atoms with E-state index in [1.807, 2.05) is 13.3 Å². The van der Waals surface area contributed by atoms with Gasteiger partial charge in [-0.25, -0.2) is 0 Å². The molecule has 1 atom stereocenters. The van der Waals surface area contributed by atoms with Crippen LogP contribution in [0.25, 0.3) is 0 Å². The summed E-state index contributed by atoms with van der Waals surface area (Å²) in [6.45, 7) is 6.24. The van der Waals surface area contributed by atoms with Gasteiger partial charge in [-0.2, -0.15) is 6.41 Å². The molecule has 1 aromatic rings. The smallest absolute Gasteiger partial charge is 0.000792 e. The van der Waals surface area contributed by atoms with Gasteiger partial charge in [-0.05, 0) is 50.9 Å². The first-order chi connectivity index (χ1) is 7.04. The number of carbonyl (C=O) groups excluding carboxylic acids is 1. The number of hydrogen-bond donors (Lipinski definition) is 0. The largest absolute Gasteiger partial charge is 0.520 e. The SMILES string of the molecule is Cc1ccc(CC(C)N(C)[C-]=O)cc1C.[Y]. The molecule has 1 amide bonds. The summed E-state index contributed by atoms with van der Waals surface area (Å²) in [7, 11) is 1.76. The molecule has 1 aromatic carbocycles. The van der Waals surface area contributed by atoms with Gasteiger partial charge in [0.1, 0.15) is 0 Å². The van der Waals surface area contributed by atoms with Gasteiger partial charge in [-0.15, -0.1) is 0 Å². The Kier molecular flexibility index (Phi) is 7.09. The van der Waals surface area contributed by atoms with Crippen LogP contribution in [0.1, 0.15) is 23.6 Å². The molecule has 16 heavy (non-hydrogen) atoms. The number of nitrogens with zero attached hydrogens (tertiary/aromatic N) is 1. The Labute approximate surface area is 123 Å². The molecule has 0 spiro atoms. The van der Waals surface area contributed by atoms with Crippen LogP contribution in [0, 0.1) is 13.8 Å². The molecule has 0 aliphatic carbocycles. The predicted octanol–water partition coefficient (Wildman–Crippen LogP) is 2.23. The molecule has 1 radical (unpaired) electrons. The standard InChI is InChI=1S/C13H18NO.Y/c1-10-5-6-13(7-11(10)2)8-12(3)14(4)9-15;/h5-7,12H,8H2,1-4H3;/q-1;. The van der Waals surface area contributed by atoms with E-state index in [0.717, 1.165) is 6.42 Å². The summed E-state index contributed by atoms with van der Waals surface area (Å²) in [5, 5.41) is 0. The van der Waals surface area contributed by atoms with Gasteiger partial charge in [0.05, 0.1) is 0 Å². The minimum atomic E-state index is 0. The van der Waals surface area contributed by atoms with Crippen molar-refractivity contribution < 1.29 is 37.5 Å². The Morgan fingerprint density at radius 2 is 1.94 bits per heavy atom. The van der Waals surface area contributed by atoms with E-state index in [0.29, 0.717) is 0 Å². The van der Waals surface area contributed by atoms with Gasteiger partial charge in [0.15, 0.2) is 0 Å². The number of aryl methyl sites for hydroxylation is 2. The Morgan fingerprint density at radius 1 is 1.31 bits per heavy atom. The molecule has 1 unspecified atom stereocenters. The van der Waals surface area contributed by atoms with Gasteiger partial charge in [-0.1, -0.05) is 18.2 Å². The molecule has 3 heteroatoms. The topological polar surface area (TPSA) is 20.3 Å². The molecule has 0 aliphatic heterocycles. The monoisotopic (exact) mass is 293 g/mol. The molecule has 0 N–H and O–H groups in total. The fraction of sp³-hybridized carbons (Fsp3) is 0.462. The van der Waals surface area contributed by atoms with Gasteiger partial charge in [0.2, 0.25) is 0 Å². The Balaban J connectivity index is 0.00000225.